The van der Waals surface area contributed by atoms with Crippen molar-refractivity contribution in [1.82, 2.24) is 4.57 Å². The summed E-state index contributed by atoms with van der Waals surface area (Å²) in [5.41, 5.74) is 3.21. The molecule has 1 aliphatic rings. The lowest BCUT2D eigenvalue weighted by Gasteiger charge is -2.36. The van der Waals surface area contributed by atoms with Crippen molar-refractivity contribution >= 4 is 32.9 Å². The van der Waals surface area contributed by atoms with Crippen molar-refractivity contribution < 1.29 is 38.1 Å². The van der Waals surface area contributed by atoms with E-state index in [1.807, 2.05) is 24.3 Å². The van der Waals surface area contributed by atoms with Gasteiger partial charge in [0.05, 0.1) is 12.6 Å². The Morgan fingerprint density at radius 3 is 2.53 bits per heavy atom. The molecule has 0 amide bonds. The highest BCUT2D eigenvalue weighted by atomic mass is 127. The molecule has 0 radical (unpaired) electrons. The zero-order valence-electron chi connectivity index (χ0n) is 19.2. The number of ether oxygens (including phenoxy) is 1. The summed E-state index contributed by atoms with van der Waals surface area (Å²) in [6, 6.07) is 16.5. The van der Waals surface area contributed by atoms with E-state index in [1.165, 1.54) is 6.42 Å². The molecule has 2 aromatic carbocycles. The van der Waals surface area contributed by atoms with E-state index in [9.17, 15) is 4.79 Å². The van der Waals surface area contributed by atoms with Crippen LogP contribution in [0.15, 0.2) is 53.0 Å². The van der Waals surface area contributed by atoms with Crippen LogP contribution in [-0.2, 0) is 23.1 Å². The number of halogens is 2. The van der Waals surface area contributed by atoms with E-state index in [-0.39, 0.29) is 42.6 Å². The van der Waals surface area contributed by atoms with Crippen LogP contribution >= 0.6 is 15.9 Å². The molecule has 32 heavy (non-hydrogen) atoms. The van der Waals surface area contributed by atoms with Crippen LogP contribution in [-0.4, -0.2) is 16.6 Å². The first-order chi connectivity index (χ1) is 14.8. The van der Waals surface area contributed by atoms with Crippen molar-refractivity contribution in [1.29, 1.82) is 0 Å². The molecule has 1 aliphatic carbocycles. The minimum absolute atomic E-state index is 0. The minimum Gasteiger partial charge on any atom is -1.00 e. The number of hydrogen-bond acceptors (Lipinski definition) is 2. The maximum Gasteiger partial charge on any atom is 0.348 e. The van der Waals surface area contributed by atoms with Gasteiger partial charge in [-0.05, 0) is 67.0 Å². The highest BCUT2D eigenvalue weighted by Gasteiger charge is 2.34. The number of benzene rings is 2. The van der Waals surface area contributed by atoms with Crippen LogP contribution < -0.4 is 28.5 Å². The normalized spacial score (nSPS) is 20.9. The molecule has 1 fully saturated rings. The summed E-state index contributed by atoms with van der Waals surface area (Å²) in [6.07, 6.45) is 3.35. The lowest BCUT2D eigenvalue weighted by Crippen LogP contribution is -3.00. The van der Waals surface area contributed by atoms with Crippen molar-refractivity contribution in [3.05, 3.63) is 53.0 Å². The first-order valence-electron chi connectivity index (χ1n) is 11.3. The second-order valence-corrected chi connectivity index (χ2v) is 10.2. The second-order valence-electron chi connectivity index (χ2n) is 9.32. The number of hydrogen-bond donors (Lipinski definition) is 0. The molecule has 0 bridgehead atoms. The fourth-order valence-corrected chi connectivity index (χ4v) is 5.34. The zero-order chi connectivity index (χ0) is 22.1. The van der Waals surface area contributed by atoms with E-state index in [0.717, 1.165) is 39.7 Å². The Morgan fingerprint density at radius 2 is 1.84 bits per heavy atom. The SMILES string of the molecule is CC(C)[C@@H]1CC[C@@H](C)C[C@H]1OC(=O)Cn1c(-c2ccc(Br)cc2)[n+](C)c2ccccc21.[I-]. The van der Waals surface area contributed by atoms with Crippen LogP contribution in [0.2, 0.25) is 0 Å². The first kappa shape index (κ1) is 25.2. The number of carbonyl (C=O) groups excluding carboxylic acids is 1. The van der Waals surface area contributed by atoms with Gasteiger partial charge in [-0.25, -0.2) is 13.9 Å². The van der Waals surface area contributed by atoms with E-state index < -0.39 is 0 Å². The van der Waals surface area contributed by atoms with Crippen LogP contribution in [0.3, 0.4) is 0 Å². The molecule has 0 saturated heterocycles. The Balaban J connectivity index is 0.00000289. The zero-order valence-corrected chi connectivity index (χ0v) is 23.0. The number of nitrogens with zero attached hydrogens (tertiary/aromatic N) is 2. The Hall–Kier alpha value is -1.41. The van der Waals surface area contributed by atoms with Gasteiger partial charge < -0.3 is 28.7 Å². The van der Waals surface area contributed by atoms with E-state index in [2.05, 4.69) is 77.1 Å². The van der Waals surface area contributed by atoms with Gasteiger partial charge in [0, 0.05) is 4.47 Å². The van der Waals surface area contributed by atoms with Gasteiger partial charge >= 0.3 is 5.97 Å². The third-order valence-corrected chi connectivity index (χ3v) is 7.27. The van der Waals surface area contributed by atoms with E-state index in [4.69, 9.17) is 4.74 Å². The summed E-state index contributed by atoms with van der Waals surface area (Å²) in [4.78, 5) is 13.2. The van der Waals surface area contributed by atoms with Gasteiger partial charge in [-0.15, -0.1) is 0 Å². The van der Waals surface area contributed by atoms with Gasteiger partial charge in [0.1, 0.15) is 6.10 Å². The van der Waals surface area contributed by atoms with Crippen molar-refractivity contribution in [2.24, 2.45) is 24.8 Å². The molecule has 3 atom stereocenters. The molecular weight excluding hydrogens is 579 g/mol. The van der Waals surface area contributed by atoms with Crippen molar-refractivity contribution in [2.45, 2.75) is 52.7 Å². The predicted molar refractivity (Wildman–Crippen MR) is 127 cm³/mol. The molecule has 0 unspecified atom stereocenters. The summed E-state index contributed by atoms with van der Waals surface area (Å²) in [7, 11) is 2.05. The molecule has 3 aromatic rings. The molecular formula is C26H32BrIN2O2. The number of para-hydroxylation sites is 2. The third-order valence-electron chi connectivity index (χ3n) is 6.74. The predicted octanol–water partition coefficient (Wildman–Crippen LogP) is 2.90. The minimum atomic E-state index is -0.149. The molecule has 0 spiro atoms. The van der Waals surface area contributed by atoms with Gasteiger partial charge in [0.2, 0.25) is 0 Å². The number of aryl methyl sites for hydroxylation is 1. The fourth-order valence-electron chi connectivity index (χ4n) is 5.08. The highest BCUT2D eigenvalue weighted by Crippen LogP contribution is 2.35. The summed E-state index contributed by atoms with van der Waals surface area (Å²) in [5.74, 6) is 2.43. The molecule has 0 aliphatic heterocycles. The van der Waals surface area contributed by atoms with Gasteiger partial charge in [-0.2, -0.15) is 0 Å². The molecule has 6 heteroatoms. The monoisotopic (exact) mass is 610 g/mol. The average molecular weight is 611 g/mol. The van der Waals surface area contributed by atoms with Crippen LogP contribution in [0.25, 0.3) is 22.4 Å². The second kappa shape index (κ2) is 10.7. The average Bonchev–Trinajstić information content (AvgIpc) is 3.00. The number of esters is 1. The summed E-state index contributed by atoms with van der Waals surface area (Å²) in [6.45, 7) is 6.96. The van der Waals surface area contributed by atoms with Crippen molar-refractivity contribution in [3.8, 4) is 11.4 Å². The molecule has 4 rings (SSSR count). The lowest BCUT2D eigenvalue weighted by atomic mass is 9.75. The standard InChI is InChI=1S/C26H32BrN2O2.HI/c1-17(2)21-14-9-18(3)15-24(21)31-25(30)16-29-23-8-6-5-7-22(23)28(4)26(29)19-10-12-20(27)13-11-19;/h5-8,10-13,17-18,21,24H,9,14-16H2,1-4H3;1H/q+1;/p-1/t18-,21+,24-;/m1./s1. The van der Waals surface area contributed by atoms with E-state index >= 15 is 0 Å². The van der Waals surface area contributed by atoms with E-state index in [0.29, 0.717) is 17.8 Å². The maximum absolute atomic E-state index is 13.2. The topological polar surface area (TPSA) is 35.1 Å². The number of aromatic nitrogens is 2. The van der Waals surface area contributed by atoms with Gasteiger partial charge in [0.15, 0.2) is 17.6 Å². The Bertz CT molecular complexity index is 1080. The number of imidazole rings is 1. The fraction of sp³-hybridized carbons (Fsp3) is 0.462. The number of rotatable bonds is 5. The molecule has 172 valence electrons. The summed E-state index contributed by atoms with van der Waals surface area (Å²) < 4.78 is 11.4. The molecule has 0 N–H and O–H groups in total. The van der Waals surface area contributed by atoms with Crippen LogP contribution in [0, 0.1) is 17.8 Å². The molecule has 1 aromatic heterocycles. The third kappa shape index (κ3) is 5.22. The number of carbonyl (C=O) groups is 1. The quantitative estimate of drug-likeness (QED) is 0.253. The van der Waals surface area contributed by atoms with Crippen LogP contribution in [0.5, 0.6) is 0 Å². The first-order valence-corrected chi connectivity index (χ1v) is 12.1. The summed E-state index contributed by atoms with van der Waals surface area (Å²) in [5, 5.41) is 0. The highest BCUT2D eigenvalue weighted by molar-refractivity contribution is 9.10. The Morgan fingerprint density at radius 1 is 1.16 bits per heavy atom. The van der Waals surface area contributed by atoms with Crippen molar-refractivity contribution in [3.63, 3.8) is 0 Å². The number of fused-ring (bicyclic) bond motifs is 1. The van der Waals surface area contributed by atoms with Crippen molar-refractivity contribution in [2.75, 3.05) is 0 Å². The molecule has 4 nitrogen and oxygen atoms in total. The van der Waals surface area contributed by atoms with Gasteiger partial charge in [0.25, 0.3) is 5.82 Å². The lowest BCUT2D eigenvalue weighted by molar-refractivity contribution is -0.634. The molecule has 1 heterocycles. The smallest absolute Gasteiger partial charge is 0.348 e. The summed E-state index contributed by atoms with van der Waals surface area (Å²) >= 11 is 3.52. The van der Waals surface area contributed by atoms with Crippen LogP contribution in [0.1, 0.15) is 40.0 Å². The Kier molecular flexibility index (Phi) is 8.42. The largest absolute Gasteiger partial charge is 1.00 e. The Labute approximate surface area is 216 Å². The van der Waals surface area contributed by atoms with Gasteiger partial charge in [-0.3, -0.25) is 0 Å². The van der Waals surface area contributed by atoms with Crippen LogP contribution in [0.4, 0.5) is 0 Å². The molecule has 1 saturated carbocycles. The maximum atomic E-state index is 13.2. The van der Waals surface area contributed by atoms with Gasteiger partial charge in [-0.1, -0.05) is 55.3 Å². The van der Waals surface area contributed by atoms with E-state index in [1.54, 1.807) is 0 Å².